The van der Waals surface area contributed by atoms with Gasteiger partial charge in [0, 0.05) is 25.5 Å². The van der Waals surface area contributed by atoms with Gasteiger partial charge in [0.25, 0.3) is 5.56 Å². The zero-order chi connectivity index (χ0) is 14.7. The zero-order valence-corrected chi connectivity index (χ0v) is 13.2. The lowest BCUT2D eigenvalue weighted by Crippen LogP contribution is -2.30. The molecular formula is C15H17BrN4O. The molecule has 110 valence electrons. The highest BCUT2D eigenvalue weighted by molar-refractivity contribution is 9.10. The fourth-order valence-corrected chi connectivity index (χ4v) is 2.77. The molecule has 21 heavy (non-hydrogen) atoms. The van der Waals surface area contributed by atoms with E-state index in [1.807, 2.05) is 12.1 Å². The molecule has 0 aromatic carbocycles. The molecule has 0 radical (unpaired) electrons. The van der Waals surface area contributed by atoms with E-state index in [0.29, 0.717) is 22.6 Å². The quantitative estimate of drug-likeness (QED) is 0.902. The van der Waals surface area contributed by atoms with Gasteiger partial charge in [-0.05, 0) is 52.4 Å². The van der Waals surface area contributed by atoms with Gasteiger partial charge in [0.1, 0.15) is 5.69 Å². The summed E-state index contributed by atoms with van der Waals surface area (Å²) >= 11 is 3.40. The Hall–Kier alpha value is -1.69. The van der Waals surface area contributed by atoms with E-state index < -0.39 is 0 Å². The molecule has 0 atom stereocenters. The first-order valence-corrected chi connectivity index (χ1v) is 7.92. The van der Waals surface area contributed by atoms with Crippen LogP contribution in [0.25, 0.3) is 0 Å². The van der Waals surface area contributed by atoms with Crippen LogP contribution in [0, 0.1) is 5.92 Å². The number of aromatic nitrogens is 3. The summed E-state index contributed by atoms with van der Waals surface area (Å²) in [5.41, 5.74) is 1.59. The van der Waals surface area contributed by atoms with Gasteiger partial charge in [0.05, 0.1) is 10.7 Å². The summed E-state index contributed by atoms with van der Waals surface area (Å²) in [6.07, 6.45) is 8.84. The van der Waals surface area contributed by atoms with Crippen LogP contribution in [0.3, 0.4) is 0 Å². The van der Waals surface area contributed by atoms with E-state index in [1.54, 1.807) is 23.3 Å². The fourth-order valence-electron chi connectivity index (χ4n) is 2.37. The van der Waals surface area contributed by atoms with Crippen molar-refractivity contribution in [1.82, 2.24) is 14.8 Å². The van der Waals surface area contributed by atoms with Gasteiger partial charge in [-0.2, -0.15) is 5.10 Å². The molecule has 1 fully saturated rings. The van der Waals surface area contributed by atoms with Crippen molar-refractivity contribution in [1.29, 1.82) is 0 Å². The maximum Gasteiger partial charge on any atom is 0.291 e. The number of hydrogen-bond acceptors (Lipinski definition) is 4. The van der Waals surface area contributed by atoms with Crippen molar-refractivity contribution in [3.05, 3.63) is 51.1 Å². The van der Waals surface area contributed by atoms with Crippen LogP contribution in [0.15, 0.2) is 40.0 Å². The Bertz CT molecular complexity index is 667. The molecule has 0 unspecified atom stereocenters. The number of hydrogen-bond donors (Lipinski definition) is 1. The highest BCUT2D eigenvalue weighted by Crippen LogP contribution is 2.27. The topological polar surface area (TPSA) is 59.8 Å². The molecular weight excluding hydrogens is 332 g/mol. The first-order chi connectivity index (χ1) is 10.2. The molecule has 1 aliphatic carbocycles. The van der Waals surface area contributed by atoms with Crippen LogP contribution in [-0.2, 0) is 13.1 Å². The normalized spacial score (nSPS) is 14.7. The molecule has 0 bridgehead atoms. The summed E-state index contributed by atoms with van der Waals surface area (Å²) in [7, 11) is 0. The number of rotatable bonds is 5. The van der Waals surface area contributed by atoms with Crippen LogP contribution in [0.1, 0.15) is 24.8 Å². The first-order valence-electron chi connectivity index (χ1n) is 7.12. The van der Waals surface area contributed by atoms with E-state index in [0.717, 1.165) is 12.1 Å². The maximum atomic E-state index is 12.5. The lowest BCUT2D eigenvalue weighted by Gasteiger charge is -2.25. The predicted octanol–water partition coefficient (Wildman–Crippen LogP) is 2.81. The SMILES string of the molecule is O=c1c(NCc2ccncc2)c(Br)cnn1CC1CCC1. The third kappa shape index (κ3) is 3.32. The minimum atomic E-state index is -0.0645. The average Bonchev–Trinajstić information content (AvgIpc) is 2.45. The van der Waals surface area contributed by atoms with Crippen molar-refractivity contribution in [2.24, 2.45) is 5.92 Å². The Balaban J connectivity index is 1.77. The Morgan fingerprint density at radius 3 is 2.76 bits per heavy atom. The molecule has 0 spiro atoms. The second-order valence-corrected chi connectivity index (χ2v) is 6.22. The molecule has 1 saturated carbocycles. The molecule has 3 rings (SSSR count). The van der Waals surface area contributed by atoms with Crippen LogP contribution < -0.4 is 10.9 Å². The summed E-state index contributed by atoms with van der Waals surface area (Å²) < 4.78 is 2.27. The Morgan fingerprint density at radius 2 is 2.10 bits per heavy atom. The van der Waals surface area contributed by atoms with Gasteiger partial charge in [0.2, 0.25) is 0 Å². The van der Waals surface area contributed by atoms with E-state index in [4.69, 9.17) is 0 Å². The average molecular weight is 349 g/mol. The smallest absolute Gasteiger partial charge is 0.291 e. The van der Waals surface area contributed by atoms with Crippen LogP contribution in [0.5, 0.6) is 0 Å². The lowest BCUT2D eigenvalue weighted by molar-refractivity contribution is 0.262. The molecule has 0 aliphatic heterocycles. The van der Waals surface area contributed by atoms with Crippen LogP contribution >= 0.6 is 15.9 Å². The lowest BCUT2D eigenvalue weighted by atomic mass is 9.85. The molecule has 2 heterocycles. The van der Waals surface area contributed by atoms with E-state index in [2.05, 4.69) is 31.3 Å². The molecule has 0 amide bonds. The fraction of sp³-hybridized carbons (Fsp3) is 0.400. The molecule has 0 saturated heterocycles. The Kier molecular flexibility index (Phi) is 4.34. The third-order valence-corrected chi connectivity index (χ3v) is 4.47. The van der Waals surface area contributed by atoms with Crippen LogP contribution in [-0.4, -0.2) is 14.8 Å². The number of halogens is 1. The summed E-state index contributed by atoms with van der Waals surface area (Å²) in [4.78, 5) is 16.5. The highest BCUT2D eigenvalue weighted by Gasteiger charge is 2.20. The monoisotopic (exact) mass is 348 g/mol. The molecule has 1 N–H and O–H groups in total. The molecule has 1 aliphatic rings. The second kappa shape index (κ2) is 6.39. The minimum Gasteiger partial charge on any atom is -0.375 e. The van der Waals surface area contributed by atoms with Gasteiger partial charge >= 0.3 is 0 Å². The standard InChI is InChI=1S/C15H17BrN4O/c16-13-9-19-20(10-12-2-1-3-12)15(21)14(13)18-8-11-4-6-17-7-5-11/h4-7,9,12,18H,1-3,8,10H2. The van der Waals surface area contributed by atoms with E-state index >= 15 is 0 Å². The number of nitrogens with zero attached hydrogens (tertiary/aromatic N) is 3. The third-order valence-electron chi connectivity index (χ3n) is 3.87. The van der Waals surface area contributed by atoms with Crippen molar-refractivity contribution in [3.8, 4) is 0 Å². The van der Waals surface area contributed by atoms with Crippen LogP contribution in [0.2, 0.25) is 0 Å². The van der Waals surface area contributed by atoms with Crippen LogP contribution in [0.4, 0.5) is 5.69 Å². The van der Waals surface area contributed by atoms with Gasteiger partial charge in [-0.1, -0.05) is 6.42 Å². The molecule has 2 aromatic heterocycles. The van der Waals surface area contributed by atoms with Crippen molar-refractivity contribution < 1.29 is 0 Å². The highest BCUT2D eigenvalue weighted by atomic mass is 79.9. The summed E-state index contributed by atoms with van der Waals surface area (Å²) in [5.74, 6) is 0.601. The van der Waals surface area contributed by atoms with E-state index in [9.17, 15) is 4.79 Å². The number of nitrogens with one attached hydrogen (secondary N) is 1. The second-order valence-electron chi connectivity index (χ2n) is 5.36. The number of pyridine rings is 1. The van der Waals surface area contributed by atoms with Gasteiger partial charge in [-0.15, -0.1) is 0 Å². The molecule has 2 aromatic rings. The van der Waals surface area contributed by atoms with Gasteiger partial charge in [0.15, 0.2) is 0 Å². The van der Waals surface area contributed by atoms with Crippen molar-refractivity contribution in [3.63, 3.8) is 0 Å². The van der Waals surface area contributed by atoms with Gasteiger partial charge in [-0.3, -0.25) is 9.78 Å². The largest absolute Gasteiger partial charge is 0.375 e. The van der Waals surface area contributed by atoms with E-state index in [-0.39, 0.29) is 5.56 Å². The first kappa shape index (κ1) is 14.3. The van der Waals surface area contributed by atoms with Gasteiger partial charge < -0.3 is 5.32 Å². The minimum absolute atomic E-state index is 0.0645. The Morgan fingerprint density at radius 1 is 1.33 bits per heavy atom. The zero-order valence-electron chi connectivity index (χ0n) is 11.6. The molecule has 6 heteroatoms. The number of anilines is 1. The Labute approximate surface area is 131 Å². The summed E-state index contributed by atoms with van der Waals surface area (Å²) in [6, 6.07) is 3.85. The summed E-state index contributed by atoms with van der Waals surface area (Å²) in [6.45, 7) is 1.31. The van der Waals surface area contributed by atoms with Crippen molar-refractivity contribution >= 4 is 21.6 Å². The maximum absolute atomic E-state index is 12.5. The predicted molar refractivity (Wildman–Crippen MR) is 85.1 cm³/mol. The van der Waals surface area contributed by atoms with Gasteiger partial charge in [-0.25, -0.2) is 4.68 Å². The molecule has 5 nitrogen and oxygen atoms in total. The van der Waals surface area contributed by atoms with Crippen molar-refractivity contribution in [2.75, 3.05) is 5.32 Å². The van der Waals surface area contributed by atoms with Crippen molar-refractivity contribution in [2.45, 2.75) is 32.4 Å². The summed E-state index contributed by atoms with van der Waals surface area (Å²) in [5, 5.41) is 7.42. The van der Waals surface area contributed by atoms with E-state index in [1.165, 1.54) is 19.3 Å².